The third kappa shape index (κ3) is 3.53. The van der Waals surface area contributed by atoms with Gasteiger partial charge in [0, 0.05) is 12.6 Å². The molecule has 0 bridgehead atoms. The molecule has 0 aliphatic carbocycles. The minimum Gasteiger partial charge on any atom is -0.382 e. The summed E-state index contributed by atoms with van der Waals surface area (Å²) in [6, 6.07) is 12.3. The molecule has 2 rings (SSSR count). The van der Waals surface area contributed by atoms with Crippen molar-refractivity contribution in [1.29, 1.82) is 0 Å². The topological polar surface area (TPSA) is 12.0 Å². The van der Waals surface area contributed by atoms with Gasteiger partial charge in [-0.1, -0.05) is 37.3 Å². The van der Waals surface area contributed by atoms with E-state index in [-0.39, 0.29) is 10.4 Å². The van der Waals surface area contributed by atoms with Crippen molar-refractivity contribution in [2.24, 2.45) is 0 Å². The van der Waals surface area contributed by atoms with E-state index in [9.17, 15) is 8.78 Å². The maximum absolute atomic E-state index is 13.6. The van der Waals surface area contributed by atoms with Crippen LogP contribution in [0.1, 0.15) is 18.4 Å². The highest BCUT2D eigenvalue weighted by Crippen LogP contribution is 2.24. The fraction of sp³-hybridized carbons (Fsp3) is 0.200. The molecule has 0 radical (unpaired) electrons. The van der Waals surface area contributed by atoms with E-state index >= 15 is 0 Å². The average molecular weight is 326 g/mol. The predicted octanol–water partition coefficient (Wildman–Crippen LogP) is 4.94. The number of hydrogen-bond acceptors (Lipinski definition) is 1. The largest absolute Gasteiger partial charge is 0.382 e. The Morgan fingerprint density at radius 2 is 1.79 bits per heavy atom. The molecular formula is C15H14BrF2N. The second-order valence-corrected chi connectivity index (χ2v) is 5.29. The van der Waals surface area contributed by atoms with Gasteiger partial charge in [-0.3, -0.25) is 0 Å². The summed E-state index contributed by atoms with van der Waals surface area (Å²) in [5.41, 5.74) is 1.48. The van der Waals surface area contributed by atoms with Gasteiger partial charge in [0.25, 0.3) is 0 Å². The van der Waals surface area contributed by atoms with Gasteiger partial charge in [0.2, 0.25) is 0 Å². The Bertz CT molecular complexity index is 558. The van der Waals surface area contributed by atoms with Gasteiger partial charge in [0.05, 0.1) is 10.2 Å². The molecular weight excluding hydrogens is 312 g/mol. The first-order chi connectivity index (χ1) is 9.08. The van der Waals surface area contributed by atoms with Gasteiger partial charge in [-0.05, 0) is 33.5 Å². The van der Waals surface area contributed by atoms with E-state index in [2.05, 4.69) is 28.2 Å². The molecule has 2 aromatic rings. The Balaban J connectivity index is 2.05. The molecule has 0 spiro atoms. The van der Waals surface area contributed by atoms with E-state index < -0.39 is 11.6 Å². The number of halogens is 3. The lowest BCUT2D eigenvalue weighted by Crippen LogP contribution is -2.11. The highest BCUT2D eigenvalue weighted by atomic mass is 79.9. The van der Waals surface area contributed by atoms with Crippen LogP contribution in [0, 0.1) is 11.6 Å². The zero-order chi connectivity index (χ0) is 13.8. The standard InChI is InChI=1S/C15H14BrF2N/c1-10(11-5-3-2-4-6-11)9-19-15-7-12(16)13(17)8-14(15)18/h2-8,10,19H,9H2,1H3. The van der Waals surface area contributed by atoms with Crippen molar-refractivity contribution < 1.29 is 8.78 Å². The first-order valence-corrected chi connectivity index (χ1v) is 6.80. The van der Waals surface area contributed by atoms with Crippen LogP contribution in [-0.2, 0) is 0 Å². The molecule has 0 amide bonds. The molecule has 1 atom stereocenters. The first kappa shape index (κ1) is 14.0. The number of anilines is 1. The Kier molecular flexibility index (Phi) is 4.53. The monoisotopic (exact) mass is 325 g/mol. The Hall–Kier alpha value is -1.42. The minimum absolute atomic E-state index is 0.240. The van der Waals surface area contributed by atoms with Crippen molar-refractivity contribution in [1.82, 2.24) is 0 Å². The van der Waals surface area contributed by atoms with E-state index in [0.29, 0.717) is 12.2 Å². The molecule has 0 aliphatic heterocycles. The van der Waals surface area contributed by atoms with Crippen LogP contribution in [0.4, 0.5) is 14.5 Å². The molecule has 0 saturated heterocycles. The SMILES string of the molecule is CC(CNc1cc(Br)c(F)cc1F)c1ccccc1. The van der Waals surface area contributed by atoms with E-state index in [4.69, 9.17) is 0 Å². The van der Waals surface area contributed by atoms with Crippen molar-refractivity contribution in [3.8, 4) is 0 Å². The molecule has 2 aromatic carbocycles. The van der Waals surface area contributed by atoms with Gasteiger partial charge in [0.15, 0.2) is 0 Å². The molecule has 4 heteroatoms. The normalized spacial score (nSPS) is 12.2. The molecule has 0 saturated carbocycles. The molecule has 19 heavy (non-hydrogen) atoms. The molecule has 0 heterocycles. The van der Waals surface area contributed by atoms with Crippen molar-refractivity contribution >= 4 is 21.6 Å². The summed E-state index contributed by atoms with van der Waals surface area (Å²) in [7, 11) is 0. The van der Waals surface area contributed by atoms with Gasteiger partial charge in [0.1, 0.15) is 11.6 Å². The lowest BCUT2D eigenvalue weighted by atomic mass is 10.0. The van der Waals surface area contributed by atoms with Crippen LogP contribution < -0.4 is 5.32 Å². The van der Waals surface area contributed by atoms with Crippen molar-refractivity contribution in [3.05, 3.63) is 64.1 Å². The molecule has 0 fully saturated rings. The average Bonchev–Trinajstić information content (AvgIpc) is 2.42. The second-order valence-electron chi connectivity index (χ2n) is 4.44. The lowest BCUT2D eigenvalue weighted by molar-refractivity contribution is 0.580. The van der Waals surface area contributed by atoms with Gasteiger partial charge in [-0.2, -0.15) is 0 Å². The summed E-state index contributed by atoms with van der Waals surface area (Å²) in [5.74, 6) is -0.940. The minimum atomic E-state index is -0.598. The summed E-state index contributed by atoms with van der Waals surface area (Å²) < 4.78 is 26.9. The second kappa shape index (κ2) is 6.15. The predicted molar refractivity (Wildman–Crippen MR) is 77.4 cm³/mol. The molecule has 0 aromatic heterocycles. The molecule has 100 valence electrons. The smallest absolute Gasteiger partial charge is 0.149 e. The number of rotatable bonds is 4. The third-order valence-electron chi connectivity index (χ3n) is 2.98. The molecule has 1 N–H and O–H groups in total. The van der Waals surface area contributed by atoms with Crippen molar-refractivity contribution in [3.63, 3.8) is 0 Å². The maximum atomic E-state index is 13.6. The summed E-state index contributed by atoms with van der Waals surface area (Å²) in [6.07, 6.45) is 0. The van der Waals surface area contributed by atoms with Gasteiger partial charge in [-0.25, -0.2) is 8.78 Å². The lowest BCUT2D eigenvalue weighted by Gasteiger charge is -2.14. The van der Waals surface area contributed by atoms with E-state index in [0.717, 1.165) is 6.07 Å². The fourth-order valence-electron chi connectivity index (χ4n) is 1.82. The fourth-order valence-corrected chi connectivity index (χ4v) is 2.16. The van der Waals surface area contributed by atoms with Crippen molar-refractivity contribution in [2.45, 2.75) is 12.8 Å². The van der Waals surface area contributed by atoms with E-state index in [1.165, 1.54) is 11.6 Å². The van der Waals surface area contributed by atoms with Crippen LogP contribution in [0.3, 0.4) is 0 Å². The van der Waals surface area contributed by atoms with Crippen LogP contribution in [0.15, 0.2) is 46.9 Å². The molecule has 0 aliphatic rings. The number of benzene rings is 2. The van der Waals surface area contributed by atoms with Gasteiger partial charge in [-0.15, -0.1) is 0 Å². The van der Waals surface area contributed by atoms with Crippen molar-refractivity contribution in [2.75, 3.05) is 11.9 Å². The zero-order valence-electron chi connectivity index (χ0n) is 10.5. The van der Waals surface area contributed by atoms with Gasteiger partial charge < -0.3 is 5.32 Å². The summed E-state index contributed by atoms with van der Waals surface area (Å²) in [4.78, 5) is 0. The van der Waals surface area contributed by atoms with Crippen LogP contribution >= 0.6 is 15.9 Å². The summed E-state index contributed by atoms with van der Waals surface area (Å²) in [6.45, 7) is 2.64. The quantitative estimate of drug-likeness (QED) is 0.785. The van der Waals surface area contributed by atoms with Crippen LogP contribution in [-0.4, -0.2) is 6.54 Å². The highest BCUT2D eigenvalue weighted by Gasteiger charge is 2.10. The van der Waals surface area contributed by atoms with Crippen LogP contribution in [0.2, 0.25) is 0 Å². The van der Waals surface area contributed by atoms with Crippen LogP contribution in [0.5, 0.6) is 0 Å². The van der Waals surface area contributed by atoms with Crippen LogP contribution in [0.25, 0.3) is 0 Å². The molecule has 1 unspecified atom stereocenters. The summed E-state index contributed by atoms with van der Waals surface area (Å²) >= 11 is 3.05. The Morgan fingerprint density at radius 3 is 2.47 bits per heavy atom. The zero-order valence-corrected chi connectivity index (χ0v) is 12.0. The van der Waals surface area contributed by atoms with E-state index in [1.807, 2.05) is 30.3 Å². The molecule has 1 nitrogen and oxygen atoms in total. The van der Waals surface area contributed by atoms with Gasteiger partial charge >= 0.3 is 0 Å². The maximum Gasteiger partial charge on any atom is 0.149 e. The number of nitrogens with one attached hydrogen (secondary N) is 1. The Labute approximate surface area is 119 Å². The highest BCUT2D eigenvalue weighted by molar-refractivity contribution is 9.10. The Morgan fingerprint density at radius 1 is 1.11 bits per heavy atom. The third-order valence-corrected chi connectivity index (χ3v) is 3.58. The number of hydrogen-bond donors (Lipinski definition) is 1. The summed E-state index contributed by atoms with van der Waals surface area (Å²) in [5, 5.41) is 3.01. The van der Waals surface area contributed by atoms with E-state index in [1.54, 1.807) is 0 Å². The first-order valence-electron chi connectivity index (χ1n) is 6.01.